The Hall–Kier alpha value is -2.99. The van der Waals surface area contributed by atoms with E-state index in [0.29, 0.717) is 17.9 Å². The van der Waals surface area contributed by atoms with Crippen LogP contribution in [-0.4, -0.2) is 25.9 Å². The van der Waals surface area contributed by atoms with E-state index in [9.17, 15) is 4.79 Å². The van der Waals surface area contributed by atoms with Crippen molar-refractivity contribution in [3.63, 3.8) is 0 Å². The maximum absolute atomic E-state index is 11.3. The zero-order valence-corrected chi connectivity index (χ0v) is 11.7. The van der Waals surface area contributed by atoms with Gasteiger partial charge in [-0.25, -0.2) is 15.1 Å². The highest BCUT2D eigenvalue weighted by molar-refractivity contribution is 5.93. The van der Waals surface area contributed by atoms with Gasteiger partial charge in [0.15, 0.2) is 5.82 Å². The molecule has 2 N–H and O–H groups in total. The highest BCUT2D eigenvalue weighted by Crippen LogP contribution is 2.13. The number of amides is 1. The Bertz CT molecular complexity index is 766. The lowest BCUT2D eigenvalue weighted by Crippen LogP contribution is -2.18. The molecule has 0 aliphatic carbocycles. The lowest BCUT2D eigenvalue weighted by atomic mass is 10.1. The molecule has 3 aromatic rings. The van der Waals surface area contributed by atoms with Crippen LogP contribution in [0.5, 0.6) is 0 Å². The van der Waals surface area contributed by atoms with Crippen LogP contribution < -0.4 is 5.48 Å². The van der Waals surface area contributed by atoms with Crippen molar-refractivity contribution in [1.82, 2.24) is 20.2 Å². The first-order valence-corrected chi connectivity index (χ1v) is 6.74. The molecule has 3 rings (SSSR count). The van der Waals surface area contributed by atoms with E-state index in [1.54, 1.807) is 28.6 Å². The molecular formula is C16H14N4O2. The zero-order chi connectivity index (χ0) is 15.4. The van der Waals surface area contributed by atoms with E-state index in [1.165, 1.54) is 0 Å². The molecule has 6 nitrogen and oxygen atoms in total. The van der Waals surface area contributed by atoms with E-state index in [4.69, 9.17) is 5.21 Å². The van der Waals surface area contributed by atoms with Crippen LogP contribution in [0.3, 0.4) is 0 Å². The molecule has 0 unspecified atom stereocenters. The van der Waals surface area contributed by atoms with Gasteiger partial charge in [-0.2, -0.15) is 5.10 Å². The summed E-state index contributed by atoms with van der Waals surface area (Å²) in [6.45, 7) is 0.556. The molecule has 0 bridgehead atoms. The summed E-state index contributed by atoms with van der Waals surface area (Å²) in [5.74, 6) is 0.149. The molecule has 0 atom stereocenters. The maximum atomic E-state index is 11.3. The molecule has 0 saturated heterocycles. The van der Waals surface area contributed by atoms with Gasteiger partial charge < -0.3 is 0 Å². The number of hydroxylamine groups is 1. The highest BCUT2D eigenvalue weighted by Gasteiger charge is 2.06. The Morgan fingerprint density at radius 3 is 2.50 bits per heavy atom. The van der Waals surface area contributed by atoms with Crippen LogP contribution in [0.1, 0.15) is 15.9 Å². The lowest BCUT2D eigenvalue weighted by Gasteiger charge is -2.03. The molecule has 0 fully saturated rings. The molecular weight excluding hydrogens is 280 g/mol. The Morgan fingerprint density at radius 1 is 1.09 bits per heavy atom. The highest BCUT2D eigenvalue weighted by atomic mass is 16.5. The fourth-order valence-corrected chi connectivity index (χ4v) is 2.10. The summed E-state index contributed by atoms with van der Waals surface area (Å²) in [6.07, 6.45) is 1.68. The minimum atomic E-state index is -0.529. The van der Waals surface area contributed by atoms with E-state index in [0.717, 1.165) is 11.1 Å². The monoisotopic (exact) mass is 294 g/mol. The summed E-state index contributed by atoms with van der Waals surface area (Å²) in [6, 6.07) is 16.7. The quantitative estimate of drug-likeness (QED) is 0.570. The van der Waals surface area contributed by atoms with Crippen LogP contribution in [-0.2, 0) is 6.54 Å². The first kappa shape index (κ1) is 14.0. The third-order valence-electron chi connectivity index (χ3n) is 3.23. The summed E-state index contributed by atoms with van der Waals surface area (Å²) in [5.41, 5.74) is 3.96. The summed E-state index contributed by atoms with van der Waals surface area (Å²) in [7, 11) is 0. The van der Waals surface area contributed by atoms with Gasteiger partial charge in [-0.05, 0) is 17.7 Å². The minimum Gasteiger partial charge on any atom is -0.288 e. The van der Waals surface area contributed by atoms with Crippen molar-refractivity contribution in [2.45, 2.75) is 6.54 Å². The number of rotatable bonds is 4. The van der Waals surface area contributed by atoms with E-state index in [2.05, 4.69) is 10.1 Å². The molecule has 0 saturated carbocycles. The maximum Gasteiger partial charge on any atom is 0.274 e. The van der Waals surface area contributed by atoms with E-state index < -0.39 is 5.91 Å². The molecule has 1 heterocycles. The topological polar surface area (TPSA) is 80.0 Å². The number of hydrogen-bond donors (Lipinski definition) is 2. The van der Waals surface area contributed by atoms with E-state index in [1.807, 2.05) is 42.5 Å². The first-order valence-electron chi connectivity index (χ1n) is 6.74. The average molecular weight is 294 g/mol. The second kappa shape index (κ2) is 6.19. The number of nitrogens with one attached hydrogen (secondary N) is 1. The van der Waals surface area contributed by atoms with Crippen molar-refractivity contribution in [2.24, 2.45) is 0 Å². The molecule has 110 valence electrons. The second-order valence-electron chi connectivity index (χ2n) is 4.77. The van der Waals surface area contributed by atoms with Crippen LogP contribution in [0.4, 0.5) is 0 Å². The second-order valence-corrected chi connectivity index (χ2v) is 4.77. The van der Waals surface area contributed by atoms with Gasteiger partial charge >= 0.3 is 0 Å². The van der Waals surface area contributed by atoms with E-state index in [-0.39, 0.29) is 0 Å². The SMILES string of the molecule is O=C(NO)c1ccc(Cn2cnc(-c3ccccc3)n2)cc1. The van der Waals surface area contributed by atoms with Crippen molar-refractivity contribution in [3.05, 3.63) is 72.1 Å². The summed E-state index contributed by atoms with van der Waals surface area (Å²) in [5, 5.41) is 13.0. The molecule has 6 heteroatoms. The van der Waals surface area contributed by atoms with Gasteiger partial charge in [-0.15, -0.1) is 0 Å². The molecule has 0 spiro atoms. The molecule has 1 aromatic heterocycles. The molecule has 0 radical (unpaired) electrons. The van der Waals surface area contributed by atoms with Gasteiger partial charge in [-0.3, -0.25) is 10.0 Å². The van der Waals surface area contributed by atoms with Gasteiger partial charge in [0.1, 0.15) is 6.33 Å². The largest absolute Gasteiger partial charge is 0.288 e. The Morgan fingerprint density at radius 2 is 1.82 bits per heavy atom. The normalized spacial score (nSPS) is 10.4. The number of aromatic nitrogens is 3. The number of benzene rings is 2. The van der Waals surface area contributed by atoms with Crippen LogP contribution >= 0.6 is 0 Å². The lowest BCUT2D eigenvalue weighted by molar-refractivity contribution is 0.0706. The van der Waals surface area contributed by atoms with Crippen molar-refractivity contribution < 1.29 is 10.0 Å². The molecule has 0 aliphatic rings. The van der Waals surface area contributed by atoms with E-state index >= 15 is 0 Å². The van der Waals surface area contributed by atoms with Crippen LogP contribution in [0, 0.1) is 0 Å². The average Bonchev–Trinajstić information content (AvgIpc) is 3.04. The van der Waals surface area contributed by atoms with Gasteiger partial charge in [0.05, 0.1) is 6.54 Å². The third kappa shape index (κ3) is 3.02. The number of carbonyl (C=O) groups is 1. The van der Waals surface area contributed by atoms with Gasteiger partial charge in [0, 0.05) is 11.1 Å². The summed E-state index contributed by atoms with van der Waals surface area (Å²) < 4.78 is 1.74. The van der Waals surface area contributed by atoms with Crippen molar-refractivity contribution in [3.8, 4) is 11.4 Å². The minimum absolute atomic E-state index is 0.398. The molecule has 1 amide bonds. The zero-order valence-electron chi connectivity index (χ0n) is 11.7. The smallest absolute Gasteiger partial charge is 0.274 e. The van der Waals surface area contributed by atoms with Crippen LogP contribution in [0.2, 0.25) is 0 Å². The fraction of sp³-hybridized carbons (Fsp3) is 0.0625. The Balaban J connectivity index is 1.74. The third-order valence-corrected chi connectivity index (χ3v) is 3.23. The van der Waals surface area contributed by atoms with Crippen molar-refractivity contribution in [1.29, 1.82) is 0 Å². The van der Waals surface area contributed by atoms with Crippen LogP contribution in [0.15, 0.2) is 60.9 Å². The molecule has 22 heavy (non-hydrogen) atoms. The Kier molecular flexibility index (Phi) is 3.93. The predicted octanol–water partition coefficient (Wildman–Crippen LogP) is 2.11. The standard InChI is InChI=1S/C16H14N4O2/c21-16(19-22)14-8-6-12(7-9-14)10-20-11-17-15(18-20)13-4-2-1-3-5-13/h1-9,11,22H,10H2,(H,19,21). The van der Waals surface area contributed by atoms with Gasteiger partial charge in [0.25, 0.3) is 5.91 Å². The van der Waals surface area contributed by atoms with Crippen LogP contribution in [0.25, 0.3) is 11.4 Å². The first-order chi connectivity index (χ1) is 10.8. The number of carbonyl (C=O) groups excluding carboxylic acids is 1. The van der Waals surface area contributed by atoms with Gasteiger partial charge in [-0.1, -0.05) is 42.5 Å². The fourth-order valence-electron chi connectivity index (χ4n) is 2.10. The number of hydrogen-bond acceptors (Lipinski definition) is 4. The predicted molar refractivity (Wildman–Crippen MR) is 80.3 cm³/mol. The van der Waals surface area contributed by atoms with Gasteiger partial charge in [0.2, 0.25) is 0 Å². The molecule has 2 aromatic carbocycles. The number of nitrogens with zero attached hydrogens (tertiary/aromatic N) is 3. The Labute approximate surface area is 127 Å². The summed E-state index contributed by atoms with van der Waals surface area (Å²) in [4.78, 5) is 15.6. The van der Waals surface area contributed by atoms with Crippen molar-refractivity contribution >= 4 is 5.91 Å². The molecule has 0 aliphatic heterocycles. The summed E-state index contributed by atoms with van der Waals surface area (Å²) >= 11 is 0. The van der Waals surface area contributed by atoms with Crippen molar-refractivity contribution in [2.75, 3.05) is 0 Å².